The molecule has 0 saturated carbocycles. The average Bonchev–Trinajstić information content (AvgIpc) is 3.21. The van der Waals surface area contributed by atoms with Gasteiger partial charge in [-0.1, -0.05) is 12.1 Å². The summed E-state index contributed by atoms with van der Waals surface area (Å²) in [5.41, 5.74) is 0.788. The zero-order valence-electron chi connectivity index (χ0n) is 16.8. The van der Waals surface area contributed by atoms with Gasteiger partial charge in [0.25, 0.3) is 0 Å². The van der Waals surface area contributed by atoms with Crippen molar-refractivity contribution in [2.75, 3.05) is 13.2 Å². The van der Waals surface area contributed by atoms with Gasteiger partial charge in [0.05, 0.1) is 13.2 Å². The summed E-state index contributed by atoms with van der Waals surface area (Å²) in [6, 6.07) is 7.26. The van der Waals surface area contributed by atoms with Gasteiger partial charge in [-0.2, -0.15) is 0 Å². The average molecular weight is 457 g/mol. The van der Waals surface area contributed by atoms with Crippen LogP contribution in [-0.4, -0.2) is 115 Å². The van der Waals surface area contributed by atoms with Gasteiger partial charge in [-0.3, -0.25) is 0 Å². The highest BCUT2D eigenvalue weighted by Gasteiger charge is 2.47. The van der Waals surface area contributed by atoms with E-state index in [9.17, 15) is 35.7 Å². The zero-order valence-corrected chi connectivity index (χ0v) is 16.8. The molecule has 0 amide bonds. The molecule has 0 bridgehead atoms. The Bertz CT molecular complexity index is 891. The van der Waals surface area contributed by atoms with Crippen molar-refractivity contribution in [3.05, 3.63) is 30.5 Å². The van der Waals surface area contributed by atoms with Gasteiger partial charge in [0.1, 0.15) is 54.6 Å². The minimum Gasteiger partial charge on any atom is -0.460 e. The lowest BCUT2D eigenvalue weighted by Gasteiger charge is -2.42. The Morgan fingerprint density at radius 1 is 0.781 bits per heavy atom. The highest BCUT2D eigenvalue weighted by molar-refractivity contribution is 5.85. The SMILES string of the molecule is OC[C@H]1O[C@@H](OC[C@H]2O[C@@H](Oc3c[nH]c4ccccc34)[C@H](O)[C@@H](O)[C@@H]2O)[C@H](O)[C@@H](O)[C@@H]1O. The number of fused-ring (bicyclic) bond motifs is 1. The maximum Gasteiger partial charge on any atom is 0.229 e. The molecule has 0 spiro atoms. The second-order valence-corrected chi connectivity index (χ2v) is 7.86. The van der Waals surface area contributed by atoms with Crippen LogP contribution in [0.25, 0.3) is 10.9 Å². The lowest BCUT2D eigenvalue weighted by Crippen LogP contribution is -2.62. The summed E-state index contributed by atoms with van der Waals surface area (Å²) >= 11 is 0. The number of benzene rings is 1. The van der Waals surface area contributed by atoms with Crippen molar-refractivity contribution in [3.8, 4) is 5.75 Å². The number of ether oxygens (including phenoxy) is 4. The number of aliphatic hydroxyl groups excluding tert-OH is 7. The molecular weight excluding hydrogens is 430 g/mol. The van der Waals surface area contributed by atoms with Crippen LogP contribution in [0, 0.1) is 0 Å². The van der Waals surface area contributed by atoms with Crippen LogP contribution in [-0.2, 0) is 14.2 Å². The number of aliphatic hydroxyl groups is 7. The van der Waals surface area contributed by atoms with Crippen LogP contribution < -0.4 is 4.74 Å². The van der Waals surface area contributed by atoms with E-state index in [0.717, 1.165) is 10.9 Å². The molecule has 178 valence electrons. The minimum atomic E-state index is -1.64. The second kappa shape index (κ2) is 9.57. The van der Waals surface area contributed by atoms with Crippen LogP contribution in [0.4, 0.5) is 0 Å². The monoisotopic (exact) mass is 457 g/mol. The number of aromatic nitrogens is 1. The molecule has 2 fully saturated rings. The van der Waals surface area contributed by atoms with Gasteiger partial charge in [-0.15, -0.1) is 0 Å². The van der Waals surface area contributed by atoms with Crippen LogP contribution in [0.2, 0.25) is 0 Å². The van der Waals surface area contributed by atoms with Gasteiger partial charge in [0, 0.05) is 17.1 Å². The standard InChI is InChI=1S/C20H27NO11/c22-6-11-13(23)15(25)17(27)19(31-11)29-7-12-14(24)16(26)18(28)20(32-12)30-10-5-21-9-4-2-1-3-8(9)10/h1-5,11-28H,6-7H2/t11-,12-,13-,14-,15+,16+,17-,18-,19-,20-/m1/s1. The summed E-state index contributed by atoms with van der Waals surface area (Å²) in [4.78, 5) is 3.01. The first-order chi connectivity index (χ1) is 15.3. The number of hydrogen-bond acceptors (Lipinski definition) is 11. The molecule has 8 N–H and O–H groups in total. The molecule has 0 aliphatic carbocycles. The predicted molar refractivity (Wildman–Crippen MR) is 105 cm³/mol. The normalized spacial score (nSPS) is 40.5. The molecule has 0 unspecified atom stereocenters. The quantitative estimate of drug-likeness (QED) is 0.223. The largest absolute Gasteiger partial charge is 0.460 e. The summed E-state index contributed by atoms with van der Waals surface area (Å²) in [6.07, 6.45) is -13.2. The Morgan fingerprint density at radius 3 is 2.12 bits per heavy atom. The molecule has 32 heavy (non-hydrogen) atoms. The number of aromatic amines is 1. The molecule has 2 aliphatic rings. The molecule has 12 nitrogen and oxygen atoms in total. The van der Waals surface area contributed by atoms with Gasteiger partial charge in [-0.25, -0.2) is 0 Å². The molecule has 1 aromatic heterocycles. The maximum absolute atomic E-state index is 10.3. The maximum atomic E-state index is 10.3. The van der Waals surface area contributed by atoms with Crippen LogP contribution in [0.1, 0.15) is 0 Å². The van der Waals surface area contributed by atoms with E-state index in [-0.39, 0.29) is 0 Å². The fraction of sp³-hybridized carbons (Fsp3) is 0.600. The Labute approximate surface area is 182 Å². The lowest BCUT2D eigenvalue weighted by molar-refractivity contribution is -0.323. The number of rotatable bonds is 6. The van der Waals surface area contributed by atoms with E-state index < -0.39 is 74.6 Å². The molecule has 2 aliphatic heterocycles. The topological polar surface area (TPSA) is 194 Å². The van der Waals surface area contributed by atoms with Crippen molar-refractivity contribution >= 4 is 10.9 Å². The van der Waals surface area contributed by atoms with E-state index in [4.69, 9.17) is 18.9 Å². The van der Waals surface area contributed by atoms with Crippen molar-refractivity contribution in [2.24, 2.45) is 0 Å². The van der Waals surface area contributed by atoms with Crippen molar-refractivity contribution in [3.63, 3.8) is 0 Å². The van der Waals surface area contributed by atoms with Crippen molar-refractivity contribution in [2.45, 2.75) is 61.4 Å². The van der Waals surface area contributed by atoms with E-state index >= 15 is 0 Å². The van der Waals surface area contributed by atoms with Crippen molar-refractivity contribution < 1.29 is 54.7 Å². The summed E-state index contributed by atoms with van der Waals surface area (Å²) in [5.74, 6) is 0.363. The van der Waals surface area contributed by atoms with Gasteiger partial charge in [0.2, 0.25) is 6.29 Å². The smallest absolute Gasteiger partial charge is 0.229 e. The molecule has 4 rings (SSSR count). The van der Waals surface area contributed by atoms with E-state index in [2.05, 4.69) is 4.98 Å². The van der Waals surface area contributed by atoms with Gasteiger partial charge < -0.3 is 59.7 Å². The number of nitrogens with one attached hydrogen (secondary N) is 1. The van der Waals surface area contributed by atoms with E-state index in [1.54, 1.807) is 18.3 Å². The number of para-hydroxylation sites is 1. The first kappa shape index (κ1) is 23.3. The fourth-order valence-corrected chi connectivity index (χ4v) is 3.81. The molecule has 12 heteroatoms. The van der Waals surface area contributed by atoms with Crippen molar-refractivity contribution in [1.29, 1.82) is 0 Å². The minimum absolute atomic E-state index is 0.363. The van der Waals surface area contributed by atoms with Crippen LogP contribution >= 0.6 is 0 Å². The summed E-state index contributed by atoms with van der Waals surface area (Å²) in [5, 5.41) is 70.6. The second-order valence-electron chi connectivity index (χ2n) is 7.86. The predicted octanol–water partition coefficient (Wildman–Crippen LogP) is -2.83. The summed E-state index contributed by atoms with van der Waals surface area (Å²) in [6.45, 7) is -1.06. The Kier molecular flexibility index (Phi) is 6.97. The third kappa shape index (κ3) is 4.34. The summed E-state index contributed by atoms with van der Waals surface area (Å²) in [7, 11) is 0. The van der Waals surface area contributed by atoms with Crippen molar-refractivity contribution in [1.82, 2.24) is 4.98 Å². The molecule has 1 aromatic carbocycles. The van der Waals surface area contributed by atoms with E-state index in [0.29, 0.717) is 5.75 Å². The molecule has 0 radical (unpaired) electrons. The molecule has 2 saturated heterocycles. The number of H-pyrrole nitrogens is 1. The highest BCUT2D eigenvalue weighted by atomic mass is 16.7. The Hall–Kier alpha value is -1.84. The molecule has 2 aromatic rings. The Balaban J connectivity index is 1.43. The molecule has 10 atom stereocenters. The van der Waals surface area contributed by atoms with Crippen LogP contribution in [0.5, 0.6) is 5.75 Å². The van der Waals surface area contributed by atoms with Gasteiger partial charge in [-0.05, 0) is 12.1 Å². The van der Waals surface area contributed by atoms with Gasteiger partial charge >= 0.3 is 0 Å². The van der Waals surface area contributed by atoms with Crippen LogP contribution in [0.15, 0.2) is 30.5 Å². The summed E-state index contributed by atoms with van der Waals surface area (Å²) < 4.78 is 22.0. The fourth-order valence-electron chi connectivity index (χ4n) is 3.81. The first-order valence-electron chi connectivity index (χ1n) is 10.2. The third-order valence-corrected chi connectivity index (χ3v) is 5.74. The lowest BCUT2D eigenvalue weighted by atomic mass is 9.98. The molecule has 3 heterocycles. The zero-order chi connectivity index (χ0) is 23.0. The van der Waals surface area contributed by atoms with E-state index in [1.165, 1.54) is 0 Å². The molecular formula is C20H27NO11. The number of hydrogen-bond donors (Lipinski definition) is 8. The Morgan fingerprint density at radius 2 is 1.41 bits per heavy atom. The first-order valence-corrected chi connectivity index (χ1v) is 10.2. The third-order valence-electron chi connectivity index (χ3n) is 5.74. The van der Waals surface area contributed by atoms with Gasteiger partial charge in [0.15, 0.2) is 6.29 Å². The highest BCUT2D eigenvalue weighted by Crippen LogP contribution is 2.30. The van der Waals surface area contributed by atoms with Crippen LogP contribution in [0.3, 0.4) is 0 Å². The van der Waals surface area contributed by atoms with E-state index in [1.807, 2.05) is 12.1 Å².